The number of nitro benzene ring substituents is 1. The Morgan fingerprint density at radius 2 is 1.84 bits per heavy atom. The molecule has 0 bridgehead atoms. The van der Waals surface area contributed by atoms with Gasteiger partial charge in [-0.15, -0.1) is 0 Å². The molecule has 3 amide bonds. The third-order valence-electron chi connectivity index (χ3n) is 6.00. The number of rotatable bonds is 9. The van der Waals surface area contributed by atoms with Crippen molar-refractivity contribution in [2.45, 2.75) is 52.3 Å². The van der Waals surface area contributed by atoms with Gasteiger partial charge in [0.25, 0.3) is 5.69 Å². The minimum atomic E-state index is -1.19. The van der Waals surface area contributed by atoms with Crippen LogP contribution in [0, 0.1) is 16.0 Å². The first kappa shape index (κ1) is 28.3. The van der Waals surface area contributed by atoms with Gasteiger partial charge in [0, 0.05) is 37.5 Å². The van der Waals surface area contributed by atoms with Crippen molar-refractivity contribution in [3.05, 3.63) is 75.8 Å². The maximum atomic E-state index is 13.0. The number of urea groups is 1. The Morgan fingerprint density at radius 1 is 1.16 bits per heavy atom. The van der Waals surface area contributed by atoms with Gasteiger partial charge in [0.05, 0.1) is 11.0 Å². The molecule has 3 rings (SSSR count). The maximum Gasteiger partial charge on any atom is 0.410 e. The Balaban J connectivity index is 1.86. The SMILES string of the molecule is CC1=NC(=O)N(CCCN(Cc2ccccc2)C(=O)OC(C)(C)C)C(c2cccc([N+](=O)[O-])c2)C1C(=O)O. The number of nitro groups is 1. The van der Waals surface area contributed by atoms with E-state index in [1.54, 1.807) is 26.8 Å². The van der Waals surface area contributed by atoms with E-state index in [2.05, 4.69) is 4.99 Å². The van der Waals surface area contributed by atoms with Crippen LogP contribution < -0.4 is 0 Å². The number of carboxylic acids is 1. The topological polar surface area (TPSA) is 143 Å². The van der Waals surface area contributed by atoms with E-state index >= 15 is 0 Å². The van der Waals surface area contributed by atoms with Crippen LogP contribution in [0.25, 0.3) is 0 Å². The second kappa shape index (κ2) is 11.8. The average Bonchev–Trinajstić information content (AvgIpc) is 2.83. The number of carbonyl (C=O) groups is 3. The lowest BCUT2D eigenvalue weighted by atomic mass is 9.86. The Hall–Kier alpha value is -4.28. The fourth-order valence-electron chi connectivity index (χ4n) is 4.35. The van der Waals surface area contributed by atoms with E-state index in [1.165, 1.54) is 34.9 Å². The molecule has 2 aromatic rings. The van der Waals surface area contributed by atoms with Crippen molar-refractivity contribution in [3.63, 3.8) is 0 Å². The van der Waals surface area contributed by atoms with Crippen LogP contribution in [0.15, 0.2) is 59.6 Å². The molecular weight excluding hydrogens is 492 g/mol. The van der Waals surface area contributed by atoms with Crippen molar-refractivity contribution in [2.75, 3.05) is 13.1 Å². The van der Waals surface area contributed by atoms with E-state index < -0.39 is 40.6 Å². The lowest BCUT2D eigenvalue weighted by Gasteiger charge is -2.38. The van der Waals surface area contributed by atoms with Gasteiger partial charge in [0.1, 0.15) is 11.5 Å². The van der Waals surface area contributed by atoms with Crippen LogP contribution in [-0.2, 0) is 16.1 Å². The van der Waals surface area contributed by atoms with Crippen molar-refractivity contribution < 1.29 is 29.2 Å². The van der Waals surface area contributed by atoms with Gasteiger partial charge in [-0.25, -0.2) is 14.6 Å². The van der Waals surface area contributed by atoms with Gasteiger partial charge >= 0.3 is 18.1 Å². The minimum absolute atomic E-state index is 0.0703. The van der Waals surface area contributed by atoms with Crippen LogP contribution in [0.5, 0.6) is 0 Å². The molecule has 202 valence electrons. The molecule has 1 N–H and O–H groups in total. The van der Waals surface area contributed by atoms with Crippen LogP contribution in [0.3, 0.4) is 0 Å². The molecular formula is C27H32N4O7. The fraction of sp³-hybridized carbons (Fsp3) is 0.407. The van der Waals surface area contributed by atoms with Gasteiger partial charge in [-0.2, -0.15) is 0 Å². The second-order valence-corrected chi connectivity index (χ2v) is 10.1. The number of benzene rings is 2. The van der Waals surface area contributed by atoms with Crippen LogP contribution in [0.1, 0.15) is 51.3 Å². The molecule has 0 saturated carbocycles. The maximum absolute atomic E-state index is 13.0. The van der Waals surface area contributed by atoms with Crippen LogP contribution in [0.2, 0.25) is 0 Å². The van der Waals surface area contributed by atoms with Gasteiger partial charge in [-0.1, -0.05) is 42.5 Å². The normalized spacial score (nSPS) is 17.5. The molecule has 11 heteroatoms. The third kappa shape index (κ3) is 7.15. The van der Waals surface area contributed by atoms with Crippen molar-refractivity contribution >= 4 is 29.5 Å². The molecule has 2 aromatic carbocycles. The summed E-state index contributed by atoms with van der Waals surface area (Å²) in [5.41, 5.74) is 0.423. The molecule has 0 aliphatic carbocycles. The lowest BCUT2D eigenvalue weighted by molar-refractivity contribution is -0.385. The highest BCUT2D eigenvalue weighted by Gasteiger charge is 2.42. The van der Waals surface area contributed by atoms with E-state index in [9.17, 15) is 29.6 Å². The summed E-state index contributed by atoms with van der Waals surface area (Å²) in [4.78, 5) is 55.7. The average molecular weight is 525 g/mol. The van der Waals surface area contributed by atoms with Crippen LogP contribution in [0.4, 0.5) is 15.3 Å². The summed E-state index contributed by atoms with van der Waals surface area (Å²) in [6.45, 7) is 7.35. The molecule has 11 nitrogen and oxygen atoms in total. The number of amides is 3. The zero-order chi connectivity index (χ0) is 28.0. The van der Waals surface area contributed by atoms with E-state index in [0.29, 0.717) is 12.0 Å². The summed E-state index contributed by atoms with van der Waals surface area (Å²) in [5.74, 6) is -2.37. The number of hydrogen-bond donors (Lipinski definition) is 1. The zero-order valence-electron chi connectivity index (χ0n) is 21.9. The summed E-state index contributed by atoms with van der Waals surface area (Å²) >= 11 is 0. The predicted molar refractivity (Wildman–Crippen MR) is 140 cm³/mol. The summed E-state index contributed by atoms with van der Waals surface area (Å²) in [5, 5.41) is 21.3. The predicted octanol–water partition coefficient (Wildman–Crippen LogP) is 5.06. The molecule has 2 atom stereocenters. The van der Waals surface area contributed by atoms with Crippen molar-refractivity contribution in [3.8, 4) is 0 Å². The third-order valence-corrected chi connectivity index (χ3v) is 6.00. The summed E-state index contributed by atoms with van der Waals surface area (Å²) < 4.78 is 5.57. The number of non-ortho nitro benzene ring substituents is 1. The highest BCUT2D eigenvalue weighted by atomic mass is 16.6. The van der Waals surface area contributed by atoms with Gasteiger partial charge < -0.3 is 19.6 Å². The molecule has 0 spiro atoms. The Labute approximate surface area is 220 Å². The molecule has 0 aromatic heterocycles. The van der Waals surface area contributed by atoms with Gasteiger partial charge in [-0.3, -0.25) is 14.9 Å². The molecule has 38 heavy (non-hydrogen) atoms. The van der Waals surface area contributed by atoms with Crippen LogP contribution >= 0.6 is 0 Å². The van der Waals surface area contributed by atoms with Crippen molar-refractivity contribution in [1.29, 1.82) is 0 Å². The number of aliphatic imine (C=N–C) groups is 1. The van der Waals surface area contributed by atoms with Gasteiger partial charge in [0.15, 0.2) is 0 Å². The number of carboxylic acid groups (broad SMARTS) is 1. The minimum Gasteiger partial charge on any atom is -0.481 e. The quantitative estimate of drug-likeness (QED) is 0.357. The smallest absolute Gasteiger partial charge is 0.410 e. The van der Waals surface area contributed by atoms with E-state index in [1.807, 2.05) is 30.3 Å². The van der Waals surface area contributed by atoms with E-state index in [4.69, 9.17) is 4.74 Å². The lowest BCUT2D eigenvalue weighted by Crippen LogP contribution is -2.47. The molecule has 1 heterocycles. The summed E-state index contributed by atoms with van der Waals surface area (Å²) in [6, 6.07) is 13.4. The summed E-state index contributed by atoms with van der Waals surface area (Å²) in [7, 11) is 0. The van der Waals surface area contributed by atoms with Crippen LogP contribution in [-0.4, -0.2) is 62.3 Å². The highest BCUT2D eigenvalue weighted by Crippen LogP contribution is 2.36. The molecule has 1 aliphatic rings. The molecule has 2 unspecified atom stereocenters. The highest BCUT2D eigenvalue weighted by molar-refractivity contribution is 6.07. The van der Waals surface area contributed by atoms with Gasteiger partial charge in [0.2, 0.25) is 0 Å². The van der Waals surface area contributed by atoms with E-state index in [-0.39, 0.29) is 31.0 Å². The Bertz CT molecular complexity index is 1220. The Morgan fingerprint density at radius 3 is 2.45 bits per heavy atom. The van der Waals surface area contributed by atoms with Gasteiger partial charge in [-0.05, 0) is 45.2 Å². The molecule has 0 saturated heterocycles. The number of hydrogen-bond acceptors (Lipinski definition) is 6. The molecule has 1 aliphatic heterocycles. The number of aliphatic carboxylic acids is 1. The molecule has 0 radical (unpaired) electrons. The number of ether oxygens (including phenoxy) is 1. The largest absolute Gasteiger partial charge is 0.481 e. The Kier molecular flexibility index (Phi) is 8.82. The number of carbonyl (C=O) groups excluding carboxylic acids is 2. The molecule has 0 fully saturated rings. The first-order chi connectivity index (χ1) is 17.9. The first-order valence-electron chi connectivity index (χ1n) is 12.2. The fourth-order valence-corrected chi connectivity index (χ4v) is 4.35. The monoisotopic (exact) mass is 524 g/mol. The van der Waals surface area contributed by atoms with Crippen molar-refractivity contribution in [2.24, 2.45) is 10.9 Å². The standard InChI is InChI=1S/C27H32N4O7/c1-18-22(24(32)33)23(20-12-8-13-21(16-20)31(36)37)30(25(34)28-18)15-9-14-29(26(35)38-27(2,3)4)17-19-10-6-5-7-11-19/h5-8,10-13,16,22-23H,9,14-15,17H2,1-4H3,(H,32,33). The first-order valence-corrected chi connectivity index (χ1v) is 12.2. The summed E-state index contributed by atoms with van der Waals surface area (Å²) in [6.07, 6.45) is -0.219. The number of nitrogens with zero attached hydrogens (tertiary/aromatic N) is 4. The second-order valence-electron chi connectivity index (χ2n) is 10.1. The van der Waals surface area contributed by atoms with E-state index in [0.717, 1.165) is 5.56 Å². The zero-order valence-corrected chi connectivity index (χ0v) is 21.9. The van der Waals surface area contributed by atoms with Crippen molar-refractivity contribution in [1.82, 2.24) is 9.80 Å².